The molecule has 4 aromatic rings. The lowest BCUT2D eigenvalue weighted by Gasteiger charge is -2.20. The molecule has 0 aliphatic heterocycles. The first-order chi connectivity index (χ1) is 19.9. The molecule has 0 amide bonds. The van der Waals surface area contributed by atoms with Gasteiger partial charge in [-0.1, -0.05) is 25.2 Å². The van der Waals surface area contributed by atoms with Crippen LogP contribution in [0.5, 0.6) is 11.5 Å². The Bertz CT molecular complexity index is 1640. The van der Waals surface area contributed by atoms with E-state index in [2.05, 4.69) is 16.6 Å². The Morgan fingerprint density at radius 3 is 1.88 bits per heavy atom. The van der Waals surface area contributed by atoms with E-state index in [0.29, 0.717) is 36.9 Å². The van der Waals surface area contributed by atoms with Crippen LogP contribution in [0.1, 0.15) is 36.5 Å². The van der Waals surface area contributed by atoms with Gasteiger partial charge in [-0.05, 0) is 60.5 Å². The van der Waals surface area contributed by atoms with Crippen LogP contribution < -0.4 is 9.47 Å². The molecule has 0 spiro atoms. The van der Waals surface area contributed by atoms with E-state index in [1.54, 1.807) is 0 Å². The number of hydrogen-bond acceptors (Lipinski definition) is 2. The van der Waals surface area contributed by atoms with Crippen LogP contribution in [-0.2, 0) is 6.11 Å². The third-order valence-electron chi connectivity index (χ3n) is 5.86. The maximum atomic E-state index is 14.8. The molecule has 0 bridgehead atoms. The zero-order valence-electron chi connectivity index (χ0n) is 21.6. The fourth-order valence-corrected chi connectivity index (χ4v) is 3.79. The van der Waals surface area contributed by atoms with Gasteiger partial charge < -0.3 is 9.47 Å². The SMILES string of the molecule is CCCCOc1ccc(-c2cc(F)c(C(F)(F)Oc3ccc(C#Cc4cc(F)c(F)c(F)c4)c(F)c3)c(F)c2)c(F)c1. The molecule has 0 fully saturated rings. The van der Waals surface area contributed by atoms with E-state index in [4.69, 9.17) is 4.74 Å². The molecule has 0 saturated heterocycles. The average molecular weight is 594 g/mol. The van der Waals surface area contributed by atoms with E-state index in [1.165, 1.54) is 12.1 Å². The number of hydrogen-bond donors (Lipinski definition) is 0. The first-order valence-electron chi connectivity index (χ1n) is 12.3. The van der Waals surface area contributed by atoms with E-state index >= 15 is 0 Å². The summed E-state index contributed by atoms with van der Waals surface area (Å²) in [6.45, 7) is 2.27. The molecule has 0 aliphatic rings. The molecule has 4 rings (SSSR count). The van der Waals surface area contributed by atoms with Crippen LogP contribution >= 0.6 is 0 Å². The van der Waals surface area contributed by atoms with Crippen LogP contribution in [0.25, 0.3) is 11.1 Å². The molecular formula is C31H19F9O2. The molecule has 0 unspecified atom stereocenters. The molecule has 0 radical (unpaired) electrons. The normalized spacial score (nSPS) is 11.2. The van der Waals surface area contributed by atoms with Gasteiger partial charge in [-0.25, -0.2) is 30.7 Å². The third kappa shape index (κ3) is 6.82. The van der Waals surface area contributed by atoms with Crippen molar-refractivity contribution in [2.45, 2.75) is 25.9 Å². The zero-order chi connectivity index (χ0) is 30.6. The van der Waals surface area contributed by atoms with Crippen molar-refractivity contribution >= 4 is 0 Å². The van der Waals surface area contributed by atoms with E-state index in [-0.39, 0.29) is 22.4 Å². The number of rotatable bonds is 8. The molecule has 0 atom stereocenters. The molecule has 0 N–H and O–H groups in total. The lowest BCUT2D eigenvalue weighted by atomic mass is 10.0. The largest absolute Gasteiger partial charge is 0.493 e. The fraction of sp³-hybridized carbons (Fsp3) is 0.161. The van der Waals surface area contributed by atoms with Crippen molar-refractivity contribution in [1.82, 2.24) is 0 Å². The van der Waals surface area contributed by atoms with E-state index in [0.717, 1.165) is 31.0 Å². The Morgan fingerprint density at radius 2 is 1.29 bits per heavy atom. The summed E-state index contributed by atoms with van der Waals surface area (Å²) < 4.78 is 138. The van der Waals surface area contributed by atoms with E-state index in [1.807, 2.05) is 6.92 Å². The monoisotopic (exact) mass is 594 g/mol. The molecular weight excluding hydrogens is 575 g/mol. The van der Waals surface area contributed by atoms with Gasteiger partial charge in [0, 0.05) is 23.3 Å². The Hall–Kier alpha value is -4.59. The second-order valence-electron chi connectivity index (χ2n) is 8.92. The van der Waals surface area contributed by atoms with Crippen LogP contribution in [-0.4, -0.2) is 6.61 Å². The highest BCUT2D eigenvalue weighted by Gasteiger charge is 2.41. The first kappa shape index (κ1) is 30.4. The van der Waals surface area contributed by atoms with Crippen LogP contribution in [0, 0.1) is 52.6 Å². The highest BCUT2D eigenvalue weighted by atomic mass is 19.3. The second-order valence-corrected chi connectivity index (χ2v) is 8.92. The maximum Gasteiger partial charge on any atom is 0.432 e. The van der Waals surface area contributed by atoms with Gasteiger partial charge in [0.15, 0.2) is 17.5 Å². The van der Waals surface area contributed by atoms with Crippen molar-refractivity contribution in [3.8, 4) is 34.5 Å². The lowest BCUT2D eigenvalue weighted by Crippen LogP contribution is -2.25. The molecule has 0 heterocycles. The molecule has 218 valence electrons. The Labute approximate surface area is 234 Å². The molecule has 0 aliphatic carbocycles. The summed E-state index contributed by atoms with van der Waals surface area (Å²) in [5, 5.41) is 0. The van der Waals surface area contributed by atoms with Crippen molar-refractivity contribution in [2.24, 2.45) is 0 Å². The van der Waals surface area contributed by atoms with Crippen molar-refractivity contribution in [1.29, 1.82) is 0 Å². The van der Waals surface area contributed by atoms with Gasteiger partial charge in [0.1, 0.15) is 40.3 Å². The summed E-state index contributed by atoms with van der Waals surface area (Å²) in [5.41, 5.74) is -3.17. The quantitative estimate of drug-likeness (QED) is 0.0878. The topological polar surface area (TPSA) is 18.5 Å². The summed E-state index contributed by atoms with van der Waals surface area (Å²) in [7, 11) is 0. The minimum Gasteiger partial charge on any atom is -0.493 e. The van der Waals surface area contributed by atoms with Crippen molar-refractivity contribution in [3.63, 3.8) is 0 Å². The Kier molecular flexibility index (Phi) is 9.05. The van der Waals surface area contributed by atoms with Crippen LogP contribution in [0.4, 0.5) is 39.5 Å². The van der Waals surface area contributed by atoms with Gasteiger partial charge in [-0.2, -0.15) is 8.78 Å². The molecule has 11 heteroatoms. The van der Waals surface area contributed by atoms with Crippen LogP contribution in [0.15, 0.2) is 60.7 Å². The molecule has 2 nitrogen and oxygen atoms in total. The van der Waals surface area contributed by atoms with E-state index < -0.39 is 63.7 Å². The van der Waals surface area contributed by atoms with Gasteiger partial charge in [0.25, 0.3) is 0 Å². The maximum absolute atomic E-state index is 14.8. The summed E-state index contributed by atoms with van der Waals surface area (Å²) >= 11 is 0. The number of halogens is 9. The highest BCUT2D eigenvalue weighted by Crippen LogP contribution is 2.38. The summed E-state index contributed by atoms with van der Waals surface area (Å²) in [5.74, 6) is -6.62. The van der Waals surface area contributed by atoms with Crippen LogP contribution in [0.2, 0.25) is 0 Å². The van der Waals surface area contributed by atoms with Gasteiger partial charge >= 0.3 is 6.11 Å². The second kappa shape index (κ2) is 12.5. The Morgan fingerprint density at radius 1 is 0.667 bits per heavy atom. The number of alkyl halides is 2. The standard InChI is InChI=1S/C31H19F9O2/c1-2-3-10-41-20-8-9-22(24(33)15-20)19-13-25(34)29(26(35)14-19)31(39,40)42-21-7-6-18(23(32)16-21)5-4-17-11-27(36)30(38)28(37)12-17/h6-9,11-16H,2-3,10H2,1H3. The summed E-state index contributed by atoms with van der Waals surface area (Å²) in [6.07, 6.45) is -3.06. The highest BCUT2D eigenvalue weighted by molar-refractivity contribution is 5.66. The van der Waals surface area contributed by atoms with Gasteiger partial charge in [0.05, 0.1) is 12.2 Å². The van der Waals surface area contributed by atoms with Crippen molar-refractivity contribution < 1.29 is 49.0 Å². The molecule has 0 saturated carbocycles. The zero-order valence-corrected chi connectivity index (χ0v) is 21.6. The molecule has 0 aromatic heterocycles. The predicted molar refractivity (Wildman–Crippen MR) is 135 cm³/mol. The minimum absolute atomic E-state index is 0.185. The predicted octanol–water partition coefficient (Wildman–Crippen LogP) is 9.03. The first-order valence-corrected chi connectivity index (χ1v) is 12.3. The van der Waals surface area contributed by atoms with Gasteiger partial charge in [-0.3, -0.25) is 0 Å². The summed E-state index contributed by atoms with van der Waals surface area (Å²) in [4.78, 5) is 0. The minimum atomic E-state index is -4.63. The van der Waals surface area contributed by atoms with Crippen molar-refractivity contribution in [2.75, 3.05) is 6.61 Å². The Balaban J connectivity index is 1.55. The lowest BCUT2D eigenvalue weighted by molar-refractivity contribution is -0.189. The molecule has 4 aromatic carbocycles. The smallest absolute Gasteiger partial charge is 0.432 e. The third-order valence-corrected chi connectivity index (χ3v) is 5.86. The van der Waals surface area contributed by atoms with E-state index in [9.17, 15) is 39.5 Å². The number of benzene rings is 4. The number of unbranched alkanes of at least 4 members (excludes halogenated alkanes) is 1. The fourth-order valence-electron chi connectivity index (χ4n) is 3.79. The van der Waals surface area contributed by atoms with Gasteiger partial charge in [-0.15, -0.1) is 0 Å². The summed E-state index contributed by atoms with van der Waals surface area (Å²) in [6, 6.07) is 7.86. The average Bonchev–Trinajstić information content (AvgIpc) is 2.90. The molecule has 42 heavy (non-hydrogen) atoms. The van der Waals surface area contributed by atoms with Crippen molar-refractivity contribution in [3.05, 3.63) is 118 Å². The number of ether oxygens (including phenoxy) is 2. The van der Waals surface area contributed by atoms with Crippen LogP contribution in [0.3, 0.4) is 0 Å². The van der Waals surface area contributed by atoms with Gasteiger partial charge in [0.2, 0.25) is 0 Å².